The zero-order chi connectivity index (χ0) is 20.0. The third-order valence-electron chi connectivity index (χ3n) is 3.65. The fraction of sp³-hybridized carbons (Fsp3) is 0.0588. The van der Waals surface area contributed by atoms with E-state index >= 15 is 0 Å². The van der Waals surface area contributed by atoms with E-state index in [-0.39, 0.29) is 11.5 Å². The fourth-order valence-electron chi connectivity index (χ4n) is 2.45. The summed E-state index contributed by atoms with van der Waals surface area (Å²) in [6.07, 6.45) is -4.83. The van der Waals surface area contributed by atoms with E-state index in [0.717, 1.165) is 6.07 Å². The minimum atomic E-state index is -4.83. The Hall–Kier alpha value is -2.36. The van der Waals surface area contributed by atoms with E-state index in [1.54, 1.807) is 12.1 Å². The Morgan fingerprint density at radius 1 is 1.00 bits per heavy atom. The average Bonchev–Trinajstić information content (AvgIpc) is 2.56. The molecule has 0 spiro atoms. The highest BCUT2D eigenvalue weighted by molar-refractivity contribution is 7.86. The first-order chi connectivity index (χ1) is 12.5. The maximum Gasteiger partial charge on any atom is 0.416 e. The number of hydrogen-bond donors (Lipinski definition) is 1. The standard InChI is InChI=1S/C17H9ClF4O4S/c18-12-7-10(17(20,21)22)8-13(19)16(12)26-15-11-4-2-1-3-9(11)5-6-14(15)27(23,24)25/h1-8H,(H,23,24,25). The molecule has 0 radical (unpaired) electrons. The van der Waals surface area contributed by atoms with Crippen molar-refractivity contribution in [1.29, 1.82) is 0 Å². The van der Waals surface area contributed by atoms with Crippen LogP contribution in [-0.4, -0.2) is 13.0 Å². The van der Waals surface area contributed by atoms with Crippen molar-refractivity contribution in [1.82, 2.24) is 0 Å². The molecule has 3 rings (SSSR count). The number of rotatable bonds is 3. The summed E-state index contributed by atoms with van der Waals surface area (Å²) < 4.78 is 90.5. The molecular weight excluding hydrogens is 412 g/mol. The summed E-state index contributed by atoms with van der Waals surface area (Å²) in [6.45, 7) is 0. The van der Waals surface area contributed by atoms with E-state index in [1.807, 2.05) is 0 Å². The van der Waals surface area contributed by atoms with Crippen LogP contribution in [0.15, 0.2) is 53.4 Å². The molecule has 0 bridgehead atoms. The third-order valence-corrected chi connectivity index (χ3v) is 4.81. The van der Waals surface area contributed by atoms with Gasteiger partial charge in [0.05, 0.1) is 10.6 Å². The first-order valence-electron chi connectivity index (χ1n) is 7.22. The second-order valence-corrected chi connectivity index (χ2v) is 7.26. The quantitative estimate of drug-likeness (QED) is 0.436. The van der Waals surface area contributed by atoms with Gasteiger partial charge >= 0.3 is 6.18 Å². The van der Waals surface area contributed by atoms with E-state index in [9.17, 15) is 30.5 Å². The van der Waals surface area contributed by atoms with Crippen LogP contribution in [0.4, 0.5) is 17.6 Å². The van der Waals surface area contributed by atoms with Gasteiger partial charge in [0.25, 0.3) is 10.1 Å². The van der Waals surface area contributed by atoms with Crippen molar-refractivity contribution in [2.75, 3.05) is 0 Å². The molecule has 0 saturated carbocycles. The normalized spacial score (nSPS) is 12.4. The Kier molecular flexibility index (Phi) is 4.79. The van der Waals surface area contributed by atoms with Crippen LogP contribution < -0.4 is 4.74 Å². The highest BCUT2D eigenvalue weighted by Gasteiger charge is 2.33. The zero-order valence-corrected chi connectivity index (χ0v) is 14.7. The van der Waals surface area contributed by atoms with Gasteiger partial charge in [-0.2, -0.15) is 21.6 Å². The van der Waals surface area contributed by atoms with Crippen molar-refractivity contribution in [3.8, 4) is 11.5 Å². The summed E-state index contributed by atoms with van der Waals surface area (Å²) in [5.74, 6) is -2.70. The van der Waals surface area contributed by atoms with Gasteiger partial charge in [-0.25, -0.2) is 4.39 Å². The highest BCUT2D eigenvalue weighted by atomic mass is 35.5. The molecule has 1 N–H and O–H groups in total. The van der Waals surface area contributed by atoms with Gasteiger partial charge < -0.3 is 4.74 Å². The van der Waals surface area contributed by atoms with Crippen LogP contribution in [0.25, 0.3) is 10.8 Å². The lowest BCUT2D eigenvalue weighted by molar-refractivity contribution is -0.137. The molecule has 0 amide bonds. The van der Waals surface area contributed by atoms with E-state index in [2.05, 4.69) is 0 Å². The molecule has 10 heteroatoms. The van der Waals surface area contributed by atoms with Gasteiger partial charge in [-0.05, 0) is 23.6 Å². The summed E-state index contributed by atoms with van der Waals surface area (Å²) in [5, 5.41) is -0.0390. The Bertz CT molecular complexity index is 1120. The first kappa shape index (κ1) is 19.4. The molecule has 0 unspecified atom stereocenters. The van der Waals surface area contributed by atoms with Gasteiger partial charge in [-0.3, -0.25) is 4.55 Å². The van der Waals surface area contributed by atoms with Crippen LogP contribution in [-0.2, 0) is 16.3 Å². The molecule has 3 aromatic carbocycles. The largest absolute Gasteiger partial charge is 0.451 e. The number of halogens is 5. The predicted octanol–water partition coefficient (Wildman–Crippen LogP) is 5.69. The highest BCUT2D eigenvalue weighted by Crippen LogP contribution is 2.42. The van der Waals surface area contributed by atoms with Gasteiger partial charge in [0, 0.05) is 5.39 Å². The van der Waals surface area contributed by atoms with E-state index in [4.69, 9.17) is 16.3 Å². The van der Waals surface area contributed by atoms with Crippen molar-refractivity contribution in [3.63, 3.8) is 0 Å². The minimum Gasteiger partial charge on any atom is -0.451 e. The topological polar surface area (TPSA) is 63.6 Å². The summed E-state index contributed by atoms with van der Waals surface area (Å²) in [5.41, 5.74) is -1.33. The van der Waals surface area contributed by atoms with Crippen LogP contribution in [0.2, 0.25) is 5.02 Å². The monoisotopic (exact) mass is 420 g/mol. The van der Waals surface area contributed by atoms with Gasteiger partial charge in [0.2, 0.25) is 0 Å². The molecule has 0 aliphatic rings. The van der Waals surface area contributed by atoms with Crippen molar-refractivity contribution < 1.29 is 35.3 Å². The molecule has 0 heterocycles. The first-order valence-corrected chi connectivity index (χ1v) is 9.03. The number of benzene rings is 3. The van der Waals surface area contributed by atoms with E-state index < -0.39 is 49.1 Å². The summed E-state index contributed by atoms with van der Waals surface area (Å²) in [6, 6.07) is 9.27. The molecule has 4 nitrogen and oxygen atoms in total. The molecule has 3 aromatic rings. The Balaban J connectivity index is 2.23. The minimum absolute atomic E-state index is 0.180. The van der Waals surface area contributed by atoms with E-state index in [1.165, 1.54) is 18.2 Å². The average molecular weight is 421 g/mol. The lowest BCUT2D eigenvalue weighted by atomic mass is 10.1. The Morgan fingerprint density at radius 2 is 1.67 bits per heavy atom. The van der Waals surface area contributed by atoms with Crippen molar-refractivity contribution >= 4 is 32.5 Å². The second-order valence-electron chi connectivity index (χ2n) is 5.46. The molecule has 142 valence electrons. The summed E-state index contributed by atoms with van der Waals surface area (Å²) in [7, 11) is -4.77. The Morgan fingerprint density at radius 3 is 2.26 bits per heavy atom. The second kappa shape index (κ2) is 6.66. The smallest absolute Gasteiger partial charge is 0.416 e. The molecule has 0 aliphatic heterocycles. The molecule has 0 saturated heterocycles. The van der Waals surface area contributed by atoms with Gasteiger partial charge in [0.15, 0.2) is 17.3 Å². The molecule has 0 atom stereocenters. The number of hydrogen-bond acceptors (Lipinski definition) is 3. The van der Waals surface area contributed by atoms with Crippen molar-refractivity contribution in [2.24, 2.45) is 0 Å². The lowest BCUT2D eigenvalue weighted by Gasteiger charge is -2.15. The number of ether oxygens (including phenoxy) is 1. The predicted molar refractivity (Wildman–Crippen MR) is 90.2 cm³/mol. The van der Waals surface area contributed by atoms with Gasteiger partial charge in [-0.15, -0.1) is 0 Å². The van der Waals surface area contributed by atoms with Crippen LogP contribution in [0.3, 0.4) is 0 Å². The molecule has 0 aromatic heterocycles. The SMILES string of the molecule is O=S(=O)(O)c1ccc2ccccc2c1Oc1c(F)cc(C(F)(F)F)cc1Cl. The molecule has 27 heavy (non-hydrogen) atoms. The number of fused-ring (bicyclic) bond motifs is 1. The van der Waals surface area contributed by atoms with Gasteiger partial charge in [0.1, 0.15) is 4.90 Å². The van der Waals surface area contributed by atoms with Crippen LogP contribution in [0, 0.1) is 5.82 Å². The number of alkyl halides is 3. The maximum atomic E-state index is 14.2. The summed E-state index contributed by atoms with van der Waals surface area (Å²) >= 11 is 5.73. The third kappa shape index (κ3) is 3.85. The van der Waals surface area contributed by atoms with E-state index in [0.29, 0.717) is 11.5 Å². The van der Waals surface area contributed by atoms with Gasteiger partial charge in [-0.1, -0.05) is 41.9 Å². The molecule has 0 fully saturated rings. The Labute approximate surface area is 155 Å². The van der Waals surface area contributed by atoms with Crippen LogP contribution >= 0.6 is 11.6 Å². The molecule has 0 aliphatic carbocycles. The maximum absolute atomic E-state index is 14.2. The summed E-state index contributed by atoms with van der Waals surface area (Å²) in [4.78, 5) is -0.684. The zero-order valence-electron chi connectivity index (χ0n) is 13.1. The van der Waals surface area contributed by atoms with Crippen LogP contribution in [0.1, 0.15) is 5.56 Å². The molecular formula is C17H9ClF4O4S. The van der Waals surface area contributed by atoms with Crippen molar-refractivity contribution in [3.05, 3.63) is 64.9 Å². The van der Waals surface area contributed by atoms with Crippen LogP contribution in [0.5, 0.6) is 11.5 Å². The fourth-order valence-corrected chi connectivity index (χ4v) is 3.33. The lowest BCUT2D eigenvalue weighted by Crippen LogP contribution is -2.07. The van der Waals surface area contributed by atoms with Crippen molar-refractivity contribution in [2.45, 2.75) is 11.1 Å².